The van der Waals surface area contributed by atoms with Crippen molar-refractivity contribution in [1.29, 1.82) is 0 Å². The molecule has 20 heavy (non-hydrogen) atoms. The predicted octanol–water partition coefficient (Wildman–Crippen LogP) is 3.45. The highest BCUT2D eigenvalue weighted by Gasteiger charge is 2.22. The molecular formula is C17H25NO2. The quantitative estimate of drug-likeness (QED) is 0.842. The Kier molecular flexibility index (Phi) is 5.05. The summed E-state index contributed by atoms with van der Waals surface area (Å²) in [4.78, 5) is 14.4. The fraction of sp³-hybridized carbons (Fsp3) is 0.588. The van der Waals surface area contributed by atoms with Gasteiger partial charge in [-0.05, 0) is 42.4 Å². The van der Waals surface area contributed by atoms with Gasteiger partial charge in [0, 0.05) is 19.5 Å². The van der Waals surface area contributed by atoms with E-state index < -0.39 is 0 Å². The van der Waals surface area contributed by atoms with E-state index in [-0.39, 0.29) is 5.92 Å². The summed E-state index contributed by atoms with van der Waals surface area (Å²) in [7, 11) is 1.67. The van der Waals surface area contributed by atoms with Crippen molar-refractivity contribution in [3.63, 3.8) is 0 Å². The molecule has 3 heteroatoms. The minimum absolute atomic E-state index is 0.255. The van der Waals surface area contributed by atoms with Crippen molar-refractivity contribution in [3.8, 4) is 5.75 Å². The number of methoxy groups -OCH3 is 1. The molecule has 2 atom stereocenters. The Labute approximate surface area is 121 Å². The molecule has 1 aromatic rings. The lowest BCUT2D eigenvalue weighted by Gasteiger charge is -2.31. The highest BCUT2D eigenvalue weighted by molar-refractivity contribution is 5.77. The van der Waals surface area contributed by atoms with E-state index >= 15 is 0 Å². The Balaban J connectivity index is 1.92. The summed E-state index contributed by atoms with van der Waals surface area (Å²) in [5, 5.41) is 0. The molecular weight excluding hydrogens is 250 g/mol. The summed E-state index contributed by atoms with van der Waals surface area (Å²) >= 11 is 0. The highest BCUT2D eigenvalue weighted by atomic mass is 16.5. The number of nitrogens with zero attached hydrogens (tertiary/aromatic N) is 1. The van der Waals surface area contributed by atoms with Crippen molar-refractivity contribution in [2.75, 3.05) is 20.2 Å². The smallest absolute Gasteiger partial charge is 0.223 e. The summed E-state index contributed by atoms with van der Waals surface area (Å²) < 4.78 is 5.16. The number of carbonyl (C=O) groups excluding carboxylic acids is 1. The standard InChI is InChI=1S/C17H25NO2/c1-13-5-4-10-18(12-13)17(19)11-14(2)15-6-8-16(20-3)9-7-15/h6-9,13-14H,4-5,10-12H2,1-3H3. The first-order valence-corrected chi connectivity index (χ1v) is 7.52. The van der Waals surface area contributed by atoms with Gasteiger partial charge in [0.1, 0.15) is 5.75 Å². The molecule has 3 nitrogen and oxygen atoms in total. The lowest BCUT2D eigenvalue weighted by molar-refractivity contribution is -0.133. The van der Waals surface area contributed by atoms with Crippen molar-refractivity contribution < 1.29 is 9.53 Å². The fourth-order valence-electron chi connectivity index (χ4n) is 2.86. The maximum Gasteiger partial charge on any atom is 0.223 e. The van der Waals surface area contributed by atoms with Crippen LogP contribution in [0.15, 0.2) is 24.3 Å². The SMILES string of the molecule is COc1ccc(C(C)CC(=O)N2CCCC(C)C2)cc1. The Morgan fingerprint density at radius 2 is 2.10 bits per heavy atom. The van der Waals surface area contributed by atoms with E-state index in [1.54, 1.807) is 7.11 Å². The summed E-state index contributed by atoms with van der Waals surface area (Å²) in [5.41, 5.74) is 1.20. The van der Waals surface area contributed by atoms with Crippen molar-refractivity contribution in [1.82, 2.24) is 4.90 Å². The molecule has 2 rings (SSSR count). The topological polar surface area (TPSA) is 29.5 Å². The molecule has 1 aliphatic heterocycles. The van der Waals surface area contributed by atoms with Crippen molar-refractivity contribution in [2.45, 2.75) is 39.0 Å². The molecule has 1 fully saturated rings. The van der Waals surface area contributed by atoms with Crippen LogP contribution in [0.3, 0.4) is 0 Å². The highest BCUT2D eigenvalue weighted by Crippen LogP contribution is 2.24. The first-order chi connectivity index (χ1) is 9.60. The van der Waals surface area contributed by atoms with E-state index in [2.05, 4.69) is 26.0 Å². The second-order valence-electron chi connectivity index (χ2n) is 5.97. The first kappa shape index (κ1) is 14.9. The lowest BCUT2D eigenvalue weighted by atomic mass is 9.95. The number of ether oxygens (including phenoxy) is 1. The minimum atomic E-state index is 0.255. The van der Waals surface area contributed by atoms with E-state index in [1.807, 2.05) is 17.0 Å². The van der Waals surface area contributed by atoms with Crippen LogP contribution in [0, 0.1) is 5.92 Å². The monoisotopic (exact) mass is 275 g/mol. The van der Waals surface area contributed by atoms with Crippen LogP contribution in [0.1, 0.15) is 44.6 Å². The Bertz CT molecular complexity index is 441. The third-order valence-electron chi connectivity index (χ3n) is 4.18. The molecule has 1 aliphatic rings. The number of carbonyl (C=O) groups is 1. The van der Waals surface area contributed by atoms with Crippen LogP contribution in [0.25, 0.3) is 0 Å². The number of rotatable bonds is 4. The van der Waals surface area contributed by atoms with Crippen LogP contribution in [0.5, 0.6) is 5.75 Å². The lowest BCUT2D eigenvalue weighted by Crippen LogP contribution is -2.39. The maximum atomic E-state index is 12.4. The third-order valence-corrected chi connectivity index (χ3v) is 4.18. The Morgan fingerprint density at radius 3 is 2.70 bits per heavy atom. The first-order valence-electron chi connectivity index (χ1n) is 7.52. The molecule has 0 aliphatic carbocycles. The number of likely N-dealkylation sites (tertiary alicyclic amines) is 1. The van der Waals surface area contributed by atoms with Gasteiger partial charge in [-0.2, -0.15) is 0 Å². The largest absolute Gasteiger partial charge is 0.497 e. The zero-order valence-electron chi connectivity index (χ0n) is 12.8. The van der Waals surface area contributed by atoms with Crippen LogP contribution >= 0.6 is 0 Å². The van der Waals surface area contributed by atoms with Gasteiger partial charge in [-0.15, -0.1) is 0 Å². The summed E-state index contributed by atoms with van der Waals surface area (Å²) in [6.45, 7) is 6.20. The molecule has 2 unspecified atom stereocenters. The molecule has 0 N–H and O–H groups in total. The van der Waals surface area contributed by atoms with Crippen LogP contribution in [-0.4, -0.2) is 31.0 Å². The van der Waals surface area contributed by atoms with Gasteiger partial charge in [0.25, 0.3) is 0 Å². The van der Waals surface area contributed by atoms with Gasteiger partial charge in [0.2, 0.25) is 5.91 Å². The van der Waals surface area contributed by atoms with Crippen LogP contribution in [-0.2, 0) is 4.79 Å². The molecule has 0 radical (unpaired) electrons. The van der Waals surface area contributed by atoms with E-state index in [1.165, 1.54) is 12.0 Å². The summed E-state index contributed by atoms with van der Waals surface area (Å²) in [6, 6.07) is 8.02. The van der Waals surface area contributed by atoms with Crippen LogP contribution in [0.4, 0.5) is 0 Å². The van der Waals surface area contributed by atoms with Gasteiger partial charge < -0.3 is 9.64 Å². The fourth-order valence-corrected chi connectivity index (χ4v) is 2.86. The Hall–Kier alpha value is -1.51. The van der Waals surface area contributed by atoms with Gasteiger partial charge in [0.15, 0.2) is 0 Å². The number of hydrogen-bond donors (Lipinski definition) is 0. The number of hydrogen-bond acceptors (Lipinski definition) is 2. The number of amides is 1. The molecule has 0 saturated carbocycles. The normalized spacial score (nSPS) is 20.6. The summed E-state index contributed by atoms with van der Waals surface area (Å²) in [5.74, 6) is 2.05. The third kappa shape index (κ3) is 3.75. The average Bonchev–Trinajstić information content (AvgIpc) is 2.47. The van der Waals surface area contributed by atoms with E-state index in [0.717, 1.165) is 25.3 Å². The second kappa shape index (κ2) is 6.78. The van der Waals surface area contributed by atoms with Crippen molar-refractivity contribution in [2.24, 2.45) is 5.92 Å². The van der Waals surface area contributed by atoms with Gasteiger partial charge >= 0.3 is 0 Å². The van der Waals surface area contributed by atoms with Gasteiger partial charge in [-0.25, -0.2) is 0 Å². The predicted molar refractivity (Wildman–Crippen MR) is 81.0 cm³/mol. The molecule has 0 aromatic heterocycles. The van der Waals surface area contributed by atoms with E-state index in [9.17, 15) is 4.79 Å². The van der Waals surface area contributed by atoms with Crippen molar-refractivity contribution >= 4 is 5.91 Å². The number of piperidine rings is 1. The molecule has 0 spiro atoms. The van der Waals surface area contributed by atoms with Crippen LogP contribution < -0.4 is 4.74 Å². The number of benzene rings is 1. The van der Waals surface area contributed by atoms with Gasteiger partial charge in [0.05, 0.1) is 7.11 Å². The zero-order valence-corrected chi connectivity index (χ0v) is 12.8. The minimum Gasteiger partial charge on any atom is -0.497 e. The molecule has 1 saturated heterocycles. The molecule has 110 valence electrons. The Morgan fingerprint density at radius 1 is 1.40 bits per heavy atom. The molecule has 1 heterocycles. The van der Waals surface area contributed by atoms with E-state index in [0.29, 0.717) is 18.2 Å². The van der Waals surface area contributed by atoms with Gasteiger partial charge in [-0.1, -0.05) is 26.0 Å². The molecule has 0 bridgehead atoms. The zero-order chi connectivity index (χ0) is 14.5. The van der Waals surface area contributed by atoms with Gasteiger partial charge in [-0.3, -0.25) is 4.79 Å². The molecule has 1 aromatic carbocycles. The average molecular weight is 275 g/mol. The van der Waals surface area contributed by atoms with Crippen molar-refractivity contribution in [3.05, 3.63) is 29.8 Å². The van der Waals surface area contributed by atoms with E-state index in [4.69, 9.17) is 4.74 Å². The maximum absolute atomic E-state index is 12.4. The second-order valence-corrected chi connectivity index (χ2v) is 5.97. The van der Waals surface area contributed by atoms with Crippen LogP contribution in [0.2, 0.25) is 0 Å². The summed E-state index contributed by atoms with van der Waals surface area (Å²) in [6.07, 6.45) is 2.99. The molecule has 1 amide bonds.